The van der Waals surface area contributed by atoms with E-state index in [2.05, 4.69) is 10.6 Å². The van der Waals surface area contributed by atoms with Crippen molar-refractivity contribution in [2.75, 3.05) is 13.2 Å². The summed E-state index contributed by atoms with van der Waals surface area (Å²) in [5.41, 5.74) is -2.17. The van der Waals surface area contributed by atoms with Crippen LogP contribution in [0.15, 0.2) is 18.2 Å². The Morgan fingerprint density at radius 1 is 1.03 bits per heavy atom. The molecule has 1 aromatic carbocycles. The van der Waals surface area contributed by atoms with Gasteiger partial charge in [-0.3, -0.25) is 9.59 Å². The van der Waals surface area contributed by atoms with Gasteiger partial charge in [0.15, 0.2) is 0 Å². The van der Waals surface area contributed by atoms with Crippen LogP contribution in [0.4, 0.5) is 4.79 Å². The number of carbonyl (C=O) groups is 4. The molecule has 0 radical (unpaired) electrons. The van der Waals surface area contributed by atoms with Gasteiger partial charge < -0.3 is 24.8 Å². The van der Waals surface area contributed by atoms with Crippen molar-refractivity contribution in [2.24, 2.45) is 17.8 Å². The van der Waals surface area contributed by atoms with Crippen LogP contribution in [-0.4, -0.2) is 54.3 Å². The largest absolute Gasteiger partial charge is 0.466 e. The van der Waals surface area contributed by atoms with Gasteiger partial charge in [-0.15, -0.1) is 0 Å². The van der Waals surface area contributed by atoms with Crippen LogP contribution in [0.1, 0.15) is 51.4 Å². The maximum absolute atomic E-state index is 13.2. The summed E-state index contributed by atoms with van der Waals surface area (Å²) in [6, 6.07) is 3.78. The Hall–Kier alpha value is -2.52. The molecule has 2 saturated carbocycles. The van der Waals surface area contributed by atoms with Crippen molar-refractivity contribution < 1.29 is 33.4 Å². The summed E-state index contributed by atoms with van der Waals surface area (Å²) in [6.07, 6.45) is -0.816. The number of alkyl carbamates (subject to hydrolysis) is 1. The highest BCUT2D eigenvalue weighted by Crippen LogP contribution is 2.63. The predicted octanol–water partition coefficient (Wildman–Crippen LogP) is 3.75. The normalized spacial score (nSPS) is 26.8. The summed E-state index contributed by atoms with van der Waals surface area (Å²) in [5.74, 6) is -3.49. The molecule has 192 valence electrons. The van der Waals surface area contributed by atoms with E-state index >= 15 is 0 Å². The number of rotatable bonds is 7. The summed E-state index contributed by atoms with van der Waals surface area (Å²) in [7, 11) is 0. The third kappa shape index (κ3) is 5.83. The topological polar surface area (TPSA) is 120 Å². The molecule has 2 aliphatic rings. The van der Waals surface area contributed by atoms with Crippen LogP contribution in [-0.2, 0) is 23.8 Å². The fourth-order valence-electron chi connectivity index (χ4n) is 4.87. The average Bonchev–Trinajstić information content (AvgIpc) is 3.40. The maximum atomic E-state index is 13.2. The first kappa shape index (κ1) is 27.1. The SMILES string of the molecule is CCOC(=O)C1C2C(NC(=O)c3cc(Cl)cc(Cl)c3)CC(NC(=O)OC(C)(C)C)(C(=O)OCC)C12. The molecule has 3 rings (SSSR count). The zero-order valence-electron chi connectivity index (χ0n) is 20.3. The highest BCUT2D eigenvalue weighted by Gasteiger charge is 2.76. The van der Waals surface area contributed by atoms with E-state index < -0.39 is 58.9 Å². The molecule has 2 N–H and O–H groups in total. The van der Waals surface area contributed by atoms with E-state index in [-0.39, 0.29) is 35.2 Å². The maximum Gasteiger partial charge on any atom is 0.408 e. The van der Waals surface area contributed by atoms with E-state index in [0.717, 1.165) is 0 Å². The number of amides is 2. The first-order valence-corrected chi connectivity index (χ1v) is 12.2. The zero-order chi connectivity index (χ0) is 26.1. The number of fused-ring (bicyclic) bond motifs is 1. The molecular weight excluding hydrogens is 499 g/mol. The monoisotopic (exact) mass is 528 g/mol. The summed E-state index contributed by atoms with van der Waals surface area (Å²) >= 11 is 12.1. The van der Waals surface area contributed by atoms with Crippen molar-refractivity contribution in [1.82, 2.24) is 10.6 Å². The Labute approximate surface area is 214 Å². The van der Waals surface area contributed by atoms with E-state index in [9.17, 15) is 19.2 Å². The van der Waals surface area contributed by atoms with E-state index in [0.29, 0.717) is 0 Å². The second-order valence-corrected chi connectivity index (χ2v) is 10.5. The Bertz CT molecular complexity index is 1010. The number of carbonyl (C=O) groups excluding carboxylic acids is 4. The molecule has 0 spiro atoms. The number of benzene rings is 1. The molecule has 1 aromatic rings. The van der Waals surface area contributed by atoms with Crippen molar-refractivity contribution in [1.29, 1.82) is 0 Å². The number of hydrogen-bond acceptors (Lipinski definition) is 7. The van der Waals surface area contributed by atoms with Crippen molar-refractivity contribution >= 4 is 47.1 Å². The van der Waals surface area contributed by atoms with Gasteiger partial charge in [0.05, 0.1) is 19.1 Å². The molecule has 5 unspecified atom stereocenters. The molecule has 0 heterocycles. The molecule has 0 bridgehead atoms. The van der Waals surface area contributed by atoms with E-state index in [4.69, 9.17) is 37.4 Å². The summed E-state index contributed by atoms with van der Waals surface area (Å²) in [4.78, 5) is 51.7. The second kappa shape index (κ2) is 10.2. The number of ether oxygens (including phenoxy) is 3. The van der Waals surface area contributed by atoms with E-state index in [1.807, 2.05) is 0 Å². The Morgan fingerprint density at radius 3 is 2.17 bits per heavy atom. The molecule has 2 aliphatic carbocycles. The van der Waals surface area contributed by atoms with Gasteiger partial charge in [-0.05, 0) is 58.7 Å². The minimum absolute atomic E-state index is 0.0103. The lowest BCUT2D eigenvalue weighted by Gasteiger charge is -2.33. The standard InChI is InChI=1S/C24H30Cl2N2O7/c1-6-33-20(30)17-16-15(27-19(29)12-8-13(25)10-14(26)9-12)11-24(18(16)17,21(31)34-7-2)28-22(32)35-23(3,4)5/h8-10,15-18H,6-7,11H2,1-5H3,(H,27,29)(H,28,32). The highest BCUT2D eigenvalue weighted by atomic mass is 35.5. The minimum Gasteiger partial charge on any atom is -0.466 e. The van der Waals surface area contributed by atoms with Gasteiger partial charge in [0.2, 0.25) is 0 Å². The number of nitrogens with one attached hydrogen (secondary N) is 2. The molecular formula is C24H30Cl2N2O7. The minimum atomic E-state index is -1.58. The van der Waals surface area contributed by atoms with Crippen LogP contribution in [0.2, 0.25) is 10.0 Å². The molecule has 0 aromatic heterocycles. The number of halogens is 2. The lowest BCUT2D eigenvalue weighted by atomic mass is 9.88. The first-order valence-electron chi connectivity index (χ1n) is 11.4. The molecule has 2 amide bonds. The molecule has 9 nitrogen and oxygen atoms in total. The van der Waals surface area contributed by atoms with Crippen LogP contribution in [0.25, 0.3) is 0 Å². The van der Waals surface area contributed by atoms with Gasteiger partial charge in [-0.25, -0.2) is 9.59 Å². The second-order valence-electron chi connectivity index (χ2n) is 9.64. The van der Waals surface area contributed by atoms with Crippen molar-refractivity contribution in [3.63, 3.8) is 0 Å². The molecule has 35 heavy (non-hydrogen) atoms. The predicted molar refractivity (Wildman–Crippen MR) is 128 cm³/mol. The number of esters is 2. The molecule has 0 aliphatic heterocycles. The van der Waals surface area contributed by atoms with E-state index in [1.54, 1.807) is 34.6 Å². The third-order valence-electron chi connectivity index (χ3n) is 6.01. The fraction of sp³-hybridized carbons (Fsp3) is 0.583. The lowest BCUT2D eigenvalue weighted by Crippen LogP contribution is -2.59. The quantitative estimate of drug-likeness (QED) is 0.408. The van der Waals surface area contributed by atoms with Crippen LogP contribution < -0.4 is 10.6 Å². The van der Waals surface area contributed by atoms with Crippen molar-refractivity contribution in [3.8, 4) is 0 Å². The van der Waals surface area contributed by atoms with Crippen LogP contribution in [0, 0.1) is 17.8 Å². The zero-order valence-corrected chi connectivity index (χ0v) is 21.8. The summed E-state index contributed by atoms with van der Waals surface area (Å²) in [6.45, 7) is 8.62. The molecule has 5 atom stereocenters. The van der Waals surface area contributed by atoms with Gasteiger partial charge >= 0.3 is 18.0 Å². The van der Waals surface area contributed by atoms with Crippen LogP contribution in [0.3, 0.4) is 0 Å². The molecule has 0 saturated heterocycles. The summed E-state index contributed by atoms with van der Waals surface area (Å²) in [5, 5.41) is 6.13. The van der Waals surface area contributed by atoms with Crippen molar-refractivity contribution in [2.45, 2.75) is 58.2 Å². The van der Waals surface area contributed by atoms with Crippen LogP contribution in [0.5, 0.6) is 0 Å². The average molecular weight is 529 g/mol. The van der Waals surface area contributed by atoms with Gasteiger partial charge in [0.1, 0.15) is 11.1 Å². The first-order chi connectivity index (χ1) is 16.3. The molecule has 11 heteroatoms. The van der Waals surface area contributed by atoms with Crippen LogP contribution >= 0.6 is 23.2 Å². The van der Waals surface area contributed by atoms with Gasteiger partial charge in [-0.1, -0.05) is 23.2 Å². The van der Waals surface area contributed by atoms with Gasteiger partial charge in [-0.2, -0.15) is 0 Å². The highest BCUT2D eigenvalue weighted by molar-refractivity contribution is 6.35. The lowest BCUT2D eigenvalue weighted by molar-refractivity contribution is -0.153. The van der Waals surface area contributed by atoms with Gasteiger partial charge in [0, 0.05) is 34.0 Å². The van der Waals surface area contributed by atoms with Crippen molar-refractivity contribution in [3.05, 3.63) is 33.8 Å². The fourth-order valence-corrected chi connectivity index (χ4v) is 5.39. The van der Waals surface area contributed by atoms with E-state index in [1.165, 1.54) is 18.2 Å². The smallest absolute Gasteiger partial charge is 0.408 e. The Kier molecular flexibility index (Phi) is 7.91. The Morgan fingerprint density at radius 2 is 1.63 bits per heavy atom. The van der Waals surface area contributed by atoms with Gasteiger partial charge in [0.25, 0.3) is 5.91 Å². The number of hydrogen-bond donors (Lipinski definition) is 2. The Balaban J connectivity index is 1.94. The molecule has 2 fully saturated rings. The third-order valence-corrected chi connectivity index (χ3v) is 6.45. The summed E-state index contributed by atoms with van der Waals surface area (Å²) < 4.78 is 15.9.